The highest BCUT2D eigenvalue weighted by Crippen LogP contribution is 2.33. The largest absolute Gasteiger partial charge is 0.491 e. The summed E-state index contributed by atoms with van der Waals surface area (Å²) in [4.78, 5) is 17.6. The van der Waals surface area contributed by atoms with Crippen LogP contribution in [-0.2, 0) is 14.6 Å². The summed E-state index contributed by atoms with van der Waals surface area (Å²) in [6, 6.07) is 12.4. The van der Waals surface area contributed by atoms with Gasteiger partial charge >= 0.3 is 0 Å². The van der Waals surface area contributed by atoms with Gasteiger partial charge in [-0.05, 0) is 55.2 Å². The minimum absolute atomic E-state index is 0.0525. The molecule has 0 bridgehead atoms. The fraction of sp³-hybridized carbons (Fsp3) is 0.435. The van der Waals surface area contributed by atoms with Gasteiger partial charge in [0.25, 0.3) is 0 Å². The number of rotatable bonds is 10. The Labute approximate surface area is 193 Å². The number of amides is 1. The van der Waals surface area contributed by atoms with Crippen LogP contribution in [0.1, 0.15) is 25.7 Å². The van der Waals surface area contributed by atoms with Crippen LogP contribution >= 0.6 is 11.8 Å². The van der Waals surface area contributed by atoms with Crippen LogP contribution in [0.5, 0.6) is 5.75 Å². The summed E-state index contributed by atoms with van der Waals surface area (Å²) in [5.74, 6) is 0.585. The molecule has 2 unspecified atom stereocenters. The van der Waals surface area contributed by atoms with Crippen molar-refractivity contribution in [2.75, 3.05) is 24.7 Å². The van der Waals surface area contributed by atoms with Crippen LogP contribution in [0.15, 0.2) is 58.6 Å². The number of nitrogens with one attached hydrogen (secondary N) is 1. The lowest BCUT2D eigenvalue weighted by Gasteiger charge is -2.30. The van der Waals surface area contributed by atoms with Crippen LogP contribution in [0.2, 0.25) is 0 Å². The summed E-state index contributed by atoms with van der Waals surface area (Å²) in [5, 5.41) is 11.3. The van der Waals surface area contributed by atoms with E-state index < -0.39 is 9.84 Å². The lowest BCUT2D eigenvalue weighted by atomic mass is 9.80. The third kappa shape index (κ3) is 6.97. The van der Waals surface area contributed by atoms with E-state index in [1.165, 1.54) is 0 Å². The van der Waals surface area contributed by atoms with E-state index in [9.17, 15) is 13.2 Å². The number of thioether (sulfide) groups is 1. The zero-order chi connectivity index (χ0) is 22.8. The summed E-state index contributed by atoms with van der Waals surface area (Å²) in [7, 11) is -3.51. The molecule has 0 aliphatic heterocycles. The maximum Gasteiger partial charge on any atom is 0.224 e. The second kappa shape index (κ2) is 11.9. The van der Waals surface area contributed by atoms with Crippen molar-refractivity contribution in [3.05, 3.63) is 48.8 Å². The number of benzene rings is 1. The molecular weight excluding hydrogens is 446 g/mol. The number of nitrogens with zero attached hydrogens (tertiary/aromatic N) is 2. The standard InChI is InChI=1S/C23H27N3O4S2/c24-11-13-26-23(27)22-6-2-1-4-18(22)17-32(28,29)21-9-7-20(8-10-21)31-15-14-30-19-5-3-12-25-16-19/h3,5,7-10,12,16,18,22H,1-2,4,6,13-15,17H2,(H,26,27). The van der Waals surface area contributed by atoms with E-state index >= 15 is 0 Å². The van der Waals surface area contributed by atoms with Gasteiger partial charge in [0.1, 0.15) is 12.3 Å². The number of hydrogen-bond acceptors (Lipinski definition) is 7. The predicted octanol–water partition coefficient (Wildman–Crippen LogP) is 3.47. The Kier molecular flexibility index (Phi) is 8.94. The van der Waals surface area contributed by atoms with Gasteiger partial charge in [-0.1, -0.05) is 12.8 Å². The van der Waals surface area contributed by atoms with Gasteiger partial charge in [-0.3, -0.25) is 9.78 Å². The van der Waals surface area contributed by atoms with Crippen LogP contribution in [0.25, 0.3) is 0 Å². The van der Waals surface area contributed by atoms with Gasteiger partial charge in [0.2, 0.25) is 5.91 Å². The average Bonchev–Trinajstić information content (AvgIpc) is 2.81. The topological polar surface area (TPSA) is 109 Å². The van der Waals surface area contributed by atoms with Crippen molar-refractivity contribution in [1.82, 2.24) is 10.3 Å². The molecular formula is C23H27N3O4S2. The molecule has 0 saturated heterocycles. The van der Waals surface area contributed by atoms with Crippen LogP contribution in [-0.4, -0.2) is 44.0 Å². The Morgan fingerprint density at radius 2 is 2.00 bits per heavy atom. The zero-order valence-electron chi connectivity index (χ0n) is 17.8. The molecule has 1 fully saturated rings. The molecule has 2 atom stereocenters. The van der Waals surface area contributed by atoms with Gasteiger partial charge < -0.3 is 10.1 Å². The summed E-state index contributed by atoms with van der Waals surface area (Å²) in [6.07, 6.45) is 6.53. The molecule has 170 valence electrons. The van der Waals surface area contributed by atoms with E-state index in [0.29, 0.717) is 19.4 Å². The predicted molar refractivity (Wildman–Crippen MR) is 123 cm³/mol. The van der Waals surface area contributed by atoms with Crippen molar-refractivity contribution in [2.45, 2.75) is 35.5 Å². The highest BCUT2D eigenvalue weighted by atomic mass is 32.2. The van der Waals surface area contributed by atoms with E-state index in [0.717, 1.165) is 29.2 Å². The number of pyridine rings is 1. The molecule has 1 saturated carbocycles. The zero-order valence-corrected chi connectivity index (χ0v) is 19.4. The number of carbonyl (C=O) groups excluding carboxylic acids is 1. The maximum absolute atomic E-state index is 13.0. The molecule has 1 amide bonds. The number of aromatic nitrogens is 1. The first-order chi connectivity index (χ1) is 15.5. The summed E-state index contributed by atoms with van der Waals surface area (Å²) in [6.45, 7) is 0.467. The van der Waals surface area contributed by atoms with E-state index in [2.05, 4.69) is 10.3 Å². The van der Waals surface area contributed by atoms with Crippen molar-refractivity contribution >= 4 is 27.5 Å². The number of ether oxygens (including phenoxy) is 1. The third-order valence-corrected chi connectivity index (χ3v) is 8.29. The van der Waals surface area contributed by atoms with Crippen molar-refractivity contribution in [3.63, 3.8) is 0 Å². The van der Waals surface area contributed by atoms with Crippen molar-refractivity contribution in [1.29, 1.82) is 5.26 Å². The third-order valence-electron chi connectivity index (χ3n) is 5.46. The Hall–Kier alpha value is -2.57. The van der Waals surface area contributed by atoms with Crippen molar-refractivity contribution < 1.29 is 17.9 Å². The molecule has 7 nitrogen and oxygen atoms in total. The Bertz CT molecular complexity index is 1020. The quantitative estimate of drug-likeness (QED) is 0.320. The van der Waals surface area contributed by atoms with Crippen LogP contribution < -0.4 is 10.1 Å². The molecule has 2 aromatic rings. The van der Waals surface area contributed by atoms with E-state index in [-0.39, 0.29) is 34.9 Å². The van der Waals surface area contributed by atoms with Gasteiger partial charge in [-0.2, -0.15) is 5.26 Å². The van der Waals surface area contributed by atoms with Crippen LogP contribution in [0.3, 0.4) is 0 Å². The monoisotopic (exact) mass is 473 g/mol. The molecule has 1 N–H and O–H groups in total. The average molecular weight is 474 g/mol. The fourth-order valence-corrected chi connectivity index (χ4v) is 6.32. The highest BCUT2D eigenvalue weighted by Gasteiger charge is 2.34. The lowest BCUT2D eigenvalue weighted by molar-refractivity contribution is -0.127. The Morgan fingerprint density at radius 3 is 2.72 bits per heavy atom. The number of nitriles is 1. The van der Waals surface area contributed by atoms with Gasteiger partial charge in [0.05, 0.1) is 29.5 Å². The SMILES string of the molecule is N#CCNC(=O)C1CCCCC1CS(=O)(=O)c1ccc(SCCOc2cccnc2)cc1. The minimum atomic E-state index is -3.51. The first kappa shape index (κ1) is 24.1. The minimum Gasteiger partial charge on any atom is -0.491 e. The van der Waals surface area contributed by atoms with Gasteiger partial charge in [-0.15, -0.1) is 11.8 Å². The molecule has 1 aromatic carbocycles. The molecule has 3 rings (SSSR count). The summed E-state index contributed by atoms with van der Waals surface area (Å²) >= 11 is 1.59. The molecule has 1 aliphatic rings. The fourth-order valence-electron chi connectivity index (χ4n) is 3.88. The molecule has 1 heterocycles. The number of carbonyl (C=O) groups is 1. The Balaban J connectivity index is 1.54. The first-order valence-electron chi connectivity index (χ1n) is 10.6. The molecule has 9 heteroatoms. The molecule has 0 radical (unpaired) electrons. The number of sulfone groups is 1. The van der Waals surface area contributed by atoms with E-state index in [4.69, 9.17) is 10.00 Å². The van der Waals surface area contributed by atoms with Gasteiger partial charge in [-0.25, -0.2) is 8.42 Å². The van der Waals surface area contributed by atoms with Crippen LogP contribution in [0, 0.1) is 23.2 Å². The van der Waals surface area contributed by atoms with Gasteiger partial charge in [0.15, 0.2) is 9.84 Å². The van der Waals surface area contributed by atoms with Crippen LogP contribution in [0.4, 0.5) is 0 Å². The Morgan fingerprint density at radius 1 is 1.22 bits per heavy atom. The van der Waals surface area contributed by atoms with Gasteiger partial charge in [0, 0.05) is 22.8 Å². The molecule has 1 aromatic heterocycles. The second-order valence-corrected chi connectivity index (χ2v) is 10.9. The second-order valence-electron chi connectivity index (χ2n) is 7.67. The lowest BCUT2D eigenvalue weighted by Crippen LogP contribution is -2.39. The molecule has 1 aliphatic carbocycles. The number of hydrogen-bond donors (Lipinski definition) is 1. The smallest absolute Gasteiger partial charge is 0.224 e. The first-order valence-corrected chi connectivity index (χ1v) is 13.3. The highest BCUT2D eigenvalue weighted by molar-refractivity contribution is 7.99. The van der Waals surface area contributed by atoms with Crippen molar-refractivity contribution in [3.8, 4) is 11.8 Å². The van der Waals surface area contributed by atoms with E-state index in [1.807, 2.05) is 18.2 Å². The van der Waals surface area contributed by atoms with Crippen molar-refractivity contribution in [2.24, 2.45) is 11.8 Å². The summed E-state index contributed by atoms with van der Waals surface area (Å²) in [5.41, 5.74) is 0. The normalized spacial score (nSPS) is 18.5. The summed E-state index contributed by atoms with van der Waals surface area (Å²) < 4.78 is 31.6. The molecule has 0 spiro atoms. The molecule has 32 heavy (non-hydrogen) atoms. The maximum atomic E-state index is 13.0. The van der Waals surface area contributed by atoms with E-state index in [1.54, 1.807) is 48.4 Å².